The Kier molecular flexibility index (Phi) is 11.2. The molecule has 7 nitrogen and oxygen atoms in total. The van der Waals surface area contributed by atoms with Gasteiger partial charge in [-0.1, -0.05) is 0 Å². The summed E-state index contributed by atoms with van der Waals surface area (Å²) in [6.45, 7) is 7.36. The summed E-state index contributed by atoms with van der Waals surface area (Å²) in [6.07, 6.45) is 5.93. The molecule has 0 bridgehead atoms. The van der Waals surface area contributed by atoms with Crippen molar-refractivity contribution in [2.24, 2.45) is 4.99 Å². The topological polar surface area (TPSA) is 75.2 Å². The second-order valence-electron chi connectivity index (χ2n) is 6.88. The lowest BCUT2D eigenvalue weighted by molar-refractivity contribution is -0.127. The van der Waals surface area contributed by atoms with Gasteiger partial charge in [-0.2, -0.15) is 0 Å². The lowest BCUT2D eigenvalue weighted by Gasteiger charge is -2.24. The minimum absolute atomic E-state index is 0.0136. The van der Waals surface area contributed by atoms with Gasteiger partial charge in [0.2, 0.25) is 5.91 Å². The van der Waals surface area contributed by atoms with Crippen LogP contribution >= 0.6 is 0 Å². The number of likely N-dealkylation sites (N-methyl/N-ethyl adjacent to an activating group) is 1. The van der Waals surface area contributed by atoms with Crippen LogP contribution in [0.1, 0.15) is 46.0 Å². The smallest absolute Gasteiger partial charge is 0.243 e. The molecule has 1 unspecified atom stereocenters. The Labute approximate surface area is 152 Å². The molecule has 1 heterocycles. The minimum atomic E-state index is -0.0136. The Hall–Kier alpha value is -1.34. The third-order valence-electron chi connectivity index (χ3n) is 3.96. The summed E-state index contributed by atoms with van der Waals surface area (Å²) in [7, 11) is 3.48. The van der Waals surface area contributed by atoms with Crippen LogP contribution in [0.4, 0.5) is 0 Å². The molecule has 1 atom stereocenters. The number of amides is 1. The maximum atomic E-state index is 11.8. The summed E-state index contributed by atoms with van der Waals surface area (Å²) in [4.78, 5) is 17.7. The zero-order chi connectivity index (χ0) is 18.5. The van der Waals surface area contributed by atoms with Crippen LogP contribution in [0.15, 0.2) is 4.99 Å². The molecule has 1 saturated heterocycles. The molecule has 1 rings (SSSR count). The zero-order valence-electron chi connectivity index (χ0n) is 16.3. The number of unbranched alkanes of at least 4 members (excludes halogenated alkanes) is 1. The molecule has 1 aliphatic rings. The van der Waals surface area contributed by atoms with Crippen LogP contribution in [-0.4, -0.2) is 75.9 Å². The first-order valence-corrected chi connectivity index (χ1v) is 9.44. The van der Waals surface area contributed by atoms with Gasteiger partial charge in [0.15, 0.2) is 5.96 Å². The Morgan fingerprint density at radius 1 is 1.28 bits per heavy atom. The van der Waals surface area contributed by atoms with E-state index in [2.05, 4.69) is 15.6 Å². The van der Waals surface area contributed by atoms with Gasteiger partial charge in [-0.3, -0.25) is 4.79 Å². The second kappa shape index (κ2) is 12.9. The summed E-state index contributed by atoms with van der Waals surface area (Å²) < 4.78 is 11.3. The van der Waals surface area contributed by atoms with Gasteiger partial charge in [0, 0.05) is 40.4 Å². The zero-order valence-corrected chi connectivity index (χ0v) is 16.3. The number of nitrogens with zero attached hydrogens (tertiary/aromatic N) is 2. The Bertz CT molecular complexity index is 394. The summed E-state index contributed by atoms with van der Waals surface area (Å²) in [5.41, 5.74) is 0. The fourth-order valence-electron chi connectivity index (χ4n) is 2.39. The first-order valence-electron chi connectivity index (χ1n) is 9.44. The first-order chi connectivity index (χ1) is 12.0. The van der Waals surface area contributed by atoms with Crippen LogP contribution in [0.25, 0.3) is 0 Å². The third kappa shape index (κ3) is 11.0. The second-order valence-corrected chi connectivity index (χ2v) is 6.88. The van der Waals surface area contributed by atoms with Crippen LogP contribution in [-0.2, 0) is 14.3 Å². The van der Waals surface area contributed by atoms with Crippen molar-refractivity contribution >= 4 is 11.9 Å². The van der Waals surface area contributed by atoms with Crippen molar-refractivity contribution in [1.29, 1.82) is 0 Å². The van der Waals surface area contributed by atoms with E-state index in [4.69, 9.17) is 9.47 Å². The number of ether oxygens (including phenoxy) is 2. The summed E-state index contributed by atoms with van der Waals surface area (Å²) >= 11 is 0. The molecule has 0 spiro atoms. The van der Waals surface area contributed by atoms with Gasteiger partial charge in [-0.05, 0) is 46.0 Å². The van der Waals surface area contributed by atoms with Crippen molar-refractivity contribution in [3.05, 3.63) is 0 Å². The third-order valence-corrected chi connectivity index (χ3v) is 3.96. The molecule has 1 aliphatic heterocycles. The summed E-state index contributed by atoms with van der Waals surface area (Å²) in [5.74, 6) is 0.662. The highest BCUT2D eigenvalue weighted by atomic mass is 16.5. The van der Waals surface area contributed by atoms with Crippen LogP contribution < -0.4 is 10.6 Å². The van der Waals surface area contributed by atoms with Gasteiger partial charge < -0.3 is 25.0 Å². The average Bonchev–Trinajstić information content (AvgIpc) is 2.59. The fraction of sp³-hybridized carbons (Fsp3) is 0.889. The highest BCUT2D eigenvalue weighted by Crippen LogP contribution is 2.11. The molecular weight excluding hydrogens is 320 g/mol. The number of hydrogen-bond acceptors (Lipinski definition) is 4. The van der Waals surface area contributed by atoms with Crippen molar-refractivity contribution in [2.45, 2.75) is 58.2 Å². The Balaban J connectivity index is 2.35. The number of aliphatic imine (C=N–C) groups is 1. The van der Waals surface area contributed by atoms with Crippen molar-refractivity contribution < 1.29 is 14.3 Å². The largest absolute Gasteiger partial charge is 0.379 e. The Morgan fingerprint density at radius 2 is 2.08 bits per heavy atom. The number of hydrogen-bond donors (Lipinski definition) is 2. The van der Waals surface area contributed by atoms with Gasteiger partial charge in [-0.15, -0.1) is 0 Å². The summed E-state index contributed by atoms with van der Waals surface area (Å²) in [5, 5.41) is 6.60. The molecule has 0 saturated carbocycles. The molecule has 0 radical (unpaired) electrons. The van der Waals surface area contributed by atoms with Crippen molar-refractivity contribution in [1.82, 2.24) is 15.5 Å². The van der Waals surface area contributed by atoms with Gasteiger partial charge in [0.25, 0.3) is 0 Å². The van der Waals surface area contributed by atoms with Crippen LogP contribution in [0, 0.1) is 0 Å². The summed E-state index contributed by atoms with van der Waals surface area (Å²) in [6, 6.07) is 0. The van der Waals surface area contributed by atoms with Gasteiger partial charge >= 0.3 is 0 Å². The molecule has 7 heteroatoms. The number of guanidine groups is 1. The van der Waals surface area contributed by atoms with E-state index in [-0.39, 0.29) is 24.7 Å². The molecule has 0 aliphatic carbocycles. The number of nitrogens with one attached hydrogen (secondary N) is 2. The van der Waals surface area contributed by atoms with E-state index in [9.17, 15) is 4.79 Å². The van der Waals surface area contributed by atoms with Crippen molar-refractivity contribution in [3.8, 4) is 0 Å². The lowest BCUT2D eigenvalue weighted by atomic mass is 10.1. The number of rotatable bonds is 10. The van der Waals surface area contributed by atoms with Crippen LogP contribution in [0.2, 0.25) is 0 Å². The molecule has 25 heavy (non-hydrogen) atoms. The maximum Gasteiger partial charge on any atom is 0.243 e. The highest BCUT2D eigenvalue weighted by Gasteiger charge is 2.14. The number of carbonyl (C=O) groups is 1. The van der Waals surface area contributed by atoms with E-state index in [0.717, 1.165) is 52.0 Å². The monoisotopic (exact) mass is 356 g/mol. The molecule has 0 aromatic rings. The van der Waals surface area contributed by atoms with Gasteiger partial charge in [0.1, 0.15) is 6.54 Å². The molecular formula is C18H36N4O3. The van der Waals surface area contributed by atoms with E-state index in [0.29, 0.717) is 5.96 Å². The Morgan fingerprint density at radius 3 is 2.72 bits per heavy atom. The molecule has 146 valence electrons. The molecule has 0 aromatic heterocycles. The normalized spacial score (nSPS) is 18.3. The first kappa shape index (κ1) is 21.7. The lowest BCUT2D eigenvalue weighted by Crippen LogP contribution is -2.43. The maximum absolute atomic E-state index is 11.8. The molecule has 0 aromatic carbocycles. The molecule has 1 amide bonds. The van der Waals surface area contributed by atoms with E-state index in [1.54, 1.807) is 19.0 Å². The standard InChI is InChI=1S/C18H36N4O3/c1-15(2)24-11-8-6-10-19-18(21-14-17(23)22(3)4)20-13-16-9-5-7-12-25-16/h15-16H,5-14H2,1-4H3,(H2,19,20,21). The molecule has 1 fully saturated rings. The highest BCUT2D eigenvalue weighted by molar-refractivity contribution is 5.84. The van der Waals surface area contributed by atoms with E-state index < -0.39 is 0 Å². The molecule has 2 N–H and O–H groups in total. The van der Waals surface area contributed by atoms with Crippen LogP contribution in [0.5, 0.6) is 0 Å². The quantitative estimate of drug-likeness (QED) is 0.351. The van der Waals surface area contributed by atoms with E-state index >= 15 is 0 Å². The van der Waals surface area contributed by atoms with Crippen molar-refractivity contribution in [3.63, 3.8) is 0 Å². The van der Waals surface area contributed by atoms with Gasteiger partial charge in [-0.25, -0.2) is 4.99 Å². The van der Waals surface area contributed by atoms with E-state index in [1.807, 2.05) is 13.8 Å². The van der Waals surface area contributed by atoms with Crippen LogP contribution in [0.3, 0.4) is 0 Å². The number of carbonyl (C=O) groups excluding carboxylic acids is 1. The van der Waals surface area contributed by atoms with Gasteiger partial charge in [0.05, 0.1) is 12.2 Å². The SMILES string of the molecule is CC(C)OCCCCNC(=NCC(=O)N(C)C)NCC1CCCCO1. The predicted octanol–water partition coefficient (Wildman–Crippen LogP) is 1.38. The van der Waals surface area contributed by atoms with E-state index in [1.165, 1.54) is 6.42 Å². The van der Waals surface area contributed by atoms with Crippen molar-refractivity contribution in [2.75, 3.05) is 46.9 Å². The average molecular weight is 357 g/mol. The minimum Gasteiger partial charge on any atom is -0.379 e. The predicted molar refractivity (Wildman–Crippen MR) is 101 cm³/mol. The fourth-order valence-corrected chi connectivity index (χ4v) is 2.39.